The van der Waals surface area contributed by atoms with Crippen molar-refractivity contribution < 1.29 is 4.79 Å². The highest BCUT2D eigenvalue weighted by atomic mass is 16.2. The topological polar surface area (TPSA) is 46.3 Å². The number of hydrogen-bond acceptors (Lipinski definition) is 2. The second-order valence-electron chi connectivity index (χ2n) is 4.23. The molecule has 0 aromatic rings. The number of carbonyl (C=O) groups excluding carboxylic acids is 1. The molecule has 0 saturated heterocycles. The standard InChI is InChI=1S/C11H24N2O/c1-6-7-8(2)13(5)11(14)9(3)10(4)12/h8-10H,6-7,12H2,1-5H3. The minimum Gasteiger partial charge on any atom is -0.343 e. The molecule has 3 heteroatoms. The van der Waals surface area contributed by atoms with Crippen LogP contribution in [0.15, 0.2) is 0 Å². The summed E-state index contributed by atoms with van der Waals surface area (Å²) in [6.45, 7) is 7.97. The first kappa shape index (κ1) is 13.4. The van der Waals surface area contributed by atoms with Crippen LogP contribution in [0.3, 0.4) is 0 Å². The van der Waals surface area contributed by atoms with Crippen LogP contribution >= 0.6 is 0 Å². The molecule has 0 saturated carbocycles. The van der Waals surface area contributed by atoms with Crippen molar-refractivity contribution >= 4 is 5.91 Å². The first-order chi connectivity index (χ1) is 6.41. The summed E-state index contributed by atoms with van der Waals surface area (Å²) in [5.41, 5.74) is 5.70. The lowest BCUT2D eigenvalue weighted by Crippen LogP contribution is -2.43. The fraction of sp³-hybridized carbons (Fsp3) is 0.909. The van der Waals surface area contributed by atoms with Gasteiger partial charge in [-0.05, 0) is 20.3 Å². The molecular formula is C11H24N2O. The first-order valence-electron chi connectivity index (χ1n) is 5.44. The molecule has 1 amide bonds. The van der Waals surface area contributed by atoms with E-state index in [4.69, 9.17) is 5.73 Å². The first-order valence-corrected chi connectivity index (χ1v) is 5.44. The molecule has 14 heavy (non-hydrogen) atoms. The third-order valence-electron chi connectivity index (χ3n) is 2.89. The van der Waals surface area contributed by atoms with Gasteiger partial charge in [-0.25, -0.2) is 0 Å². The maximum Gasteiger partial charge on any atom is 0.226 e. The number of nitrogens with zero attached hydrogens (tertiary/aromatic N) is 1. The molecule has 0 fully saturated rings. The number of hydrogen-bond donors (Lipinski definition) is 1. The quantitative estimate of drug-likeness (QED) is 0.733. The summed E-state index contributed by atoms with van der Waals surface area (Å²) in [7, 11) is 1.86. The lowest BCUT2D eigenvalue weighted by atomic mass is 10.0. The minimum absolute atomic E-state index is 0.0706. The van der Waals surface area contributed by atoms with Crippen molar-refractivity contribution in [1.82, 2.24) is 4.90 Å². The fourth-order valence-corrected chi connectivity index (χ4v) is 1.37. The average Bonchev–Trinajstić information content (AvgIpc) is 2.14. The molecule has 0 bridgehead atoms. The molecule has 0 radical (unpaired) electrons. The average molecular weight is 200 g/mol. The van der Waals surface area contributed by atoms with Crippen molar-refractivity contribution in [2.75, 3.05) is 7.05 Å². The normalized spacial score (nSPS) is 17.3. The van der Waals surface area contributed by atoms with E-state index in [9.17, 15) is 4.79 Å². The molecule has 0 spiro atoms. The fourth-order valence-electron chi connectivity index (χ4n) is 1.37. The van der Waals surface area contributed by atoms with E-state index in [0.717, 1.165) is 12.8 Å². The molecule has 0 aliphatic rings. The van der Waals surface area contributed by atoms with Crippen LogP contribution < -0.4 is 5.73 Å². The molecule has 0 heterocycles. The van der Waals surface area contributed by atoms with Gasteiger partial charge in [-0.2, -0.15) is 0 Å². The summed E-state index contributed by atoms with van der Waals surface area (Å²) in [4.78, 5) is 13.7. The zero-order chi connectivity index (χ0) is 11.3. The van der Waals surface area contributed by atoms with Gasteiger partial charge in [-0.3, -0.25) is 4.79 Å². The van der Waals surface area contributed by atoms with Crippen molar-refractivity contribution in [1.29, 1.82) is 0 Å². The van der Waals surface area contributed by atoms with Crippen LogP contribution in [0.1, 0.15) is 40.5 Å². The lowest BCUT2D eigenvalue weighted by Gasteiger charge is -2.28. The molecular weight excluding hydrogens is 176 g/mol. The Balaban J connectivity index is 4.23. The predicted octanol–water partition coefficient (Wildman–Crippen LogP) is 1.62. The molecule has 0 rings (SSSR count). The third kappa shape index (κ3) is 3.66. The van der Waals surface area contributed by atoms with Crippen LogP contribution in [0.5, 0.6) is 0 Å². The van der Waals surface area contributed by atoms with Gasteiger partial charge in [0.1, 0.15) is 0 Å². The van der Waals surface area contributed by atoms with Crippen molar-refractivity contribution in [3.05, 3.63) is 0 Å². The van der Waals surface area contributed by atoms with Gasteiger partial charge >= 0.3 is 0 Å². The van der Waals surface area contributed by atoms with Crippen LogP contribution in [0, 0.1) is 5.92 Å². The van der Waals surface area contributed by atoms with Crippen LogP contribution in [0.25, 0.3) is 0 Å². The Kier molecular flexibility index (Phi) is 5.77. The Morgan fingerprint density at radius 2 is 1.86 bits per heavy atom. The Morgan fingerprint density at radius 3 is 2.21 bits per heavy atom. The van der Waals surface area contributed by atoms with Crippen LogP contribution in [0.2, 0.25) is 0 Å². The number of nitrogens with two attached hydrogens (primary N) is 1. The number of amides is 1. The summed E-state index contributed by atoms with van der Waals surface area (Å²) in [6, 6.07) is 0.243. The van der Waals surface area contributed by atoms with Crippen molar-refractivity contribution in [2.45, 2.75) is 52.6 Å². The monoisotopic (exact) mass is 200 g/mol. The smallest absolute Gasteiger partial charge is 0.226 e. The van der Waals surface area contributed by atoms with Gasteiger partial charge in [0, 0.05) is 19.1 Å². The van der Waals surface area contributed by atoms with E-state index >= 15 is 0 Å². The zero-order valence-corrected chi connectivity index (χ0v) is 10.1. The third-order valence-corrected chi connectivity index (χ3v) is 2.89. The largest absolute Gasteiger partial charge is 0.343 e. The highest BCUT2D eigenvalue weighted by Crippen LogP contribution is 2.10. The van der Waals surface area contributed by atoms with Crippen molar-refractivity contribution in [2.24, 2.45) is 11.7 Å². The summed E-state index contributed by atoms with van der Waals surface area (Å²) in [6.07, 6.45) is 2.15. The van der Waals surface area contributed by atoms with E-state index in [-0.39, 0.29) is 17.9 Å². The summed E-state index contributed by atoms with van der Waals surface area (Å²) < 4.78 is 0. The minimum atomic E-state index is -0.0840. The van der Waals surface area contributed by atoms with Gasteiger partial charge in [0.05, 0.1) is 5.92 Å². The van der Waals surface area contributed by atoms with Gasteiger partial charge in [0.15, 0.2) is 0 Å². The molecule has 84 valence electrons. The van der Waals surface area contributed by atoms with E-state index in [2.05, 4.69) is 13.8 Å². The van der Waals surface area contributed by atoms with E-state index < -0.39 is 0 Å². The maximum absolute atomic E-state index is 11.8. The second kappa shape index (κ2) is 6.02. The van der Waals surface area contributed by atoms with Crippen molar-refractivity contribution in [3.63, 3.8) is 0 Å². The molecule has 3 atom stereocenters. The Bertz CT molecular complexity index is 180. The number of carbonyl (C=O) groups is 1. The summed E-state index contributed by atoms with van der Waals surface area (Å²) in [5.74, 6) is 0.0697. The SMILES string of the molecule is CCCC(C)N(C)C(=O)C(C)C(C)N. The van der Waals surface area contributed by atoms with Crippen molar-refractivity contribution in [3.8, 4) is 0 Å². The summed E-state index contributed by atoms with van der Waals surface area (Å²) in [5, 5.41) is 0. The van der Waals surface area contributed by atoms with Crippen LogP contribution in [-0.2, 0) is 4.79 Å². The Hall–Kier alpha value is -0.570. The summed E-state index contributed by atoms with van der Waals surface area (Å²) >= 11 is 0. The predicted molar refractivity (Wildman–Crippen MR) is 60.0 cm³/mol. The molecule has 0 aliphatic heterocycles. The maximum atomic E-state index is 11.8. The highest BCUT2D eigenvalue weighted by Gasteiger charge is 2.23. The van der Waals surface area contributed by atoms with E-state index in [1.54, 1.807) is 0 Å². The van der Waals surface area contributed by atoms with Gasteiger partial charge < -0.3 is 10.6 Å². The highest BCUT2D eigenvalue weighted by molar-refractivity contribution is 5.79. The second-order valence-corrected chi connectivity index (χ2v) is 4.23. The van der Waals surface area contributed by atoms with E-state index in [0.29, 0.717) is 6.04 Å². The molecule has 0 aromatic heterocycles. The molecule has 3 nitrogen and oxygen atoms in total. The molecule has 3 unspecified atom stereocenters. The molecule has 0 aromatic carbocycles. The Labute approximate surface area is 87.6 Å². The van der Waals surface area contributed by atoms with Gasteiger partial charge in [-0.1, -0.05) is 20.3 Å². The van der Waals surface area contributed by atoms with E-state index in [1.165, 1.54) is 0 Å². The van der Waals surface area contributed by atoms with Gasteiger partial charge in [-0.15, -0.1) is 0 Å². The zero-order valence-electron chi connectivity index (χ0n) is 10.1. The van der Waals surface area contributed by atoms with Gasteiger partial charge in [0.25, 0.3) is 0 Å². The van der Waals surface area contributed by atoms with E-state index in [1.807, 2.05) is 25.8 Å². The van der Waals surface area contributed by atoms with Crippen LogP contribution in [0.4, 0.5) is 0 Å². The molecule has 2 N–H and O–H groups in total. The van der Waals surface area contributed by atoms with Crippen LogP contribution in [-0.4, -0.2) is 29.9 Å². The Morgan fingerprint density at radius 1 is 1.36 bits per heavy atom. The number of rotatable bonds is 5. The van der Waals surface area contributed by atoms with Gasteiger partial charge in [0.2, 0.25) is 5.91 Å². The lowest BCUT2D eigenvalue weighted by molar-refractivity contribution is -0.136. The molecule has 0 aliphatic carbocycles.